The SMILES string of the molecule is CCOc1ccc(/C=N/NC(=O)c2ccccc2N)cc1OCC. The molecule has 2 rings (SSSR count). The van der Waals surface area contributed by atoms with Crippen LogP contribution in [0.25, 0.3) is 0 Å². The van der Waals surface area contributed by atoms with Crippen LogP contribution < -0.4 is 20.6 Å². The maximum Gasteiger partial charge on any atom is 0.273 e. The number of carbonyl (C=O) groups is 1. The molecule has 0 aliphatic rings. The Kier molecular flexibility index (Phi) is 6.19. The van der Waals surface area contributed by atoms with Crippen LogP contribution in [-0.2, 0) is 0 Å². The first-order valence-electron chi connectivity index (χ1n) is 7.73. The maximum atomic E-state index is 12.0. The van der Waals surface area contributed by atoms with Crippen molar-refractivity contribution in [2.75, 3.05) is 18.9 Å². The molecule has 0 aliphatic heterocycles. The van der Waals surface area contributed by atoms with Gasteiger partial charge in [-0.1, -0.05) is 12.1 Å². The third kappa shape index (κ3) is 4.49. The minimum atomic E-state index is -0.361. The average molecular weight is 327 g/mol. The van der Waals surface area contributed by atoms with Gasteiger partial charge in [0, 0.05) is 5.69 Å². The molecule has 1 amide bonds. The van der Waals surface area contributed by atoms with Gasteiger partial charge in [0.1, 0.15) is 0 Å². The first-order valence-corrected chi connectivity index (χ1v) is 7.73. The van der Waals surface area contributed by atoms with E-state index in [0.29, 0.717) is 36.0 Å². The topological polar surface area (TPSA) is 85.9 Å². The molecule has 0 radical (unpaired) electrons. The summed E-state index contributed by atoms with van der Waals surface area (Å²) in [6.07, 6.45) is 1.54. The van der Waals surface area contributed by atoms with Crippen molar-refractivity contribution >= 4 is 17.8 Å². The second kappa shape index (κ2) is 8.57. The van der Waals surface area contributed by atoms with Gasteiger partial charge in [-0.3, -0.25) is 4.79 Å². The van der Waals surface area contributed by atoms with Crippen LogP contribution in [0, 0.1) is 0 Å². The number of nitrogens with one attached hydrogen (secondary N) is 1. The molecular formula is C18H21N3O3. The van der Waals surface area contributed by atoms with E-state index in [1.165, 1.54) is 6.21 Å². The number of benzene rings is 2. The lowest BCUT2D eigenvalue weighted by Crippen LogP contribution is -2.19. The predicted octanol–water partition coefficient (Wildman–Crippen LogP) is 2.83. The largest absolute Gasteiger partial charge is 0.490 e. The Labute approximate surface area is 141 Å². The highest BCUT2D eigenvalue weighted by Gasteiger charge is 2.08. The zero-order chi connectivity index (χ0) is 17.4. The van der Waals surface area contributed by atoms with Gasteiger partial charge in [0.05, 0.1) is 25.0 Å². The zero-order valence-electron chi connectivity index (χ0n) is 13.8. The number of ether oxygens (including phenoxy) is 2. The Balaban J connectivity index is 2.07. The van der Waals surface area contributed by atoms with E-state index in [0.717, 1.165) is 5.56 Å². The molecule has 3 N–H and O–H groups in total. The number of rotatable bonds is 7. The van der Waals surface area contributed by atoms with Gasteiger partial charge in [0.2, 0.25) is 0 Å². The molecule has 126 valence electrons. The molecule has 0 heterocycles. The third-order valence-corrected chi connectivity index (χ3v) is 3.15. The normalized spacial score (nSPS) is 10.6. The van der Waals surface area contributed by atoms with Crippen LogP contribution in [-0.4, -0.2) is 25.3 Å². The fourth-order valence-corrected chi connectivity index (χ4v) is 2.08. The van der Waals surface area contributed by atoms with Crippen LogP contribution in [0.2, 0.25) is 0 Å². The molecule has 0 saturated carbocycles. The van der Waals surface area contributed by atoms with E-state index in [9.17, 15) is 4.79 Å². The van der Waals surface area contributed by atoms with Gasteiger partial charge in [-0.05, 0) is 49.7 Å². The van der Waals surface area contributed by atoms with Crippen LogP contribution in [0.1, 0.15) is 29.8 Å². The van der Waals surface area contributed by atoms with Crippen LogP contribution in [0.15, 0.2) is 47.6 Å². The van der Waals surface area contributed by atoms with Gasteiger partial charge in [-0.2, -0.15) is 5.10 Å². The van der Waals surface area contributed by atoms with E-state index < -0.39 is 0 Å². The molecule has 0 aliphatic carbocycles. The van der Waals surface area contributed by atoms with E-state index in [1.807, 2.05) is 26.0 Å². The van der Waals surface area contributed by atoms with Crippen LogP contribution >= 0.6 is 0 Å². The molecule has 0 unspecified atom stereocenters. The summed E-state index contributed by atoms with van der Waals surface area (Å²) >= 11 is 0. The summed E-state index contributed by atoms with van der Waals surface area (Å²) < 4.78 is 11.1. The van der Waals surface area contributed by atoms with Crippen molar-refractivity contribution in [2.45, 2.75) is 13.8 Å². The van der Waals surface area contributed by atoms with Gasteiger partial charge >= 0.3 is 0 Å². The van der Waals surface area contributed by atoms with Gasteiger partial charge in [0.25, 0.3) is 5.91 Å². The van der Waals surface area contributed by atoms with Crippen LogP contribution in [0.5, 0.6) is 11.5 Å². The summed E-state index contributed by atoms with van der Waals surface area (Å²) in [5.74, 6) is 0.958. The number of carbonyl (C=O) groups excluding carboxylic acids is 1. The van der Waals surface area contributed by atoms with Crippen molar-refractivity contribution in [1.29, 1.82) is 0 Å². The molecule has 6 nitrogen and oxygen atoms in total. The number of hydrogen-bond donors (Lipinski definition) is 2. The Morgan fingerprint density at radius 1 is 1.12 bits per heavy atom. The van der Waals surface area contributed by atoms with E-state index in [1.54, 1.807) is 30.3 Å². The molecule has 24 heavy (non-hydrogen) atoms. The predicted molar refractivity (Wildman–Crippen MR) is 94.7 cm³/mol. The minimum absolute atomic E-state index is 0.361. The summed E-state index contributed by atoms with van der Waals surface area (Å²) in [5.41, 5.74) is 9.79. The van der Waals surface area contributed by atoms with E-state index >= 15 is 0 Å². The van der Waals surface area contributed by atoms with Crippen LogP contribution in [0.3, 0.4) is 0 Å². The highest BCUT2D eigenvalue weighted by atomic mass is 16.5. The molecule has 2 aromatic rings. The second-order valence-electron chi connectivity index (χ2n) is 4.86. The number of para-hydroxylation sites is 1. The number of hydrazone groups is 1. The summed E-state index contributed by atoms with van der Waals surface area (Å²) in [4.78, 5) is 12.0. The molecule has 6 heteroatoms. The number of hydrogen-bond acceptors (Lipinski definition) is 5. The van der Waals surface area contributed by atoms with Crippen molar-refractivity contribution in [3.8, 4) is 11.5 Å². The highest BCUT2D eigenvalue weighted by Crippen LogP contribution is 2.27. The van der Waals surface area contributed by atoms with E-state index in [4.69, 9.17) is 15.2 Å². The molecule has 2 aromatic carbocycles. The van der Waals surface area contributed by atoms with Gasteiger partial charge in [0.15, 0.2) is 11.5 Å². The highest BCUT2D eigenvalue weighted by molar-refractivity contribution is 5.99. The lowest BCUT2D eigenvalue weighted by Gasteiger charge is -2.11. The monoisotopic (exact) mass is 327 g/mol. The first kappa shape index (κ1) is 17.3. The van der Waals surface area contributed by atoms with E-state index in [2.05, 4.69) is 10.5 Å². The fourth-order valence-electron chi connectivity index (χ4n) is 2.08. The standard InChI is InChI=1S/C18H21N3O3/c1-3-23-16-10-9-13(11-17(16)24-4-2)12-20-21-18(22)14-7-5-6-8-15(14)19/h5-12H,3-4,19H2,1-2H3,(H,21,22)/b20-12+. The fraction of sp³-hybridized carbons (Fsp3) is 0.222. The molecule has 0 spiro atoms. The average Bonchev–Trinajstić information content (AvgIpc) is 2.58. The number of nitrogen functional groups attached to an aromatic ring is 1. The Morgan fingerprint density at radius 3 is 2.54 bits per heavy atom. The van der Waals surface area contributed by atoms with Gasteiger partial charge < -0.3 is 15.2 Å². The Hall–Kier alpha value is -3.02. The Bertz CT molecular complexity index is 729. The second-order valence-corrected chi connectivity index (χ2v) is 4.86. The summed E-state index contributed by atoms with van der Waals surface area (Å²) in [6, 6.07) is 12.3. The summed E-state index contributed by atoms with van der Waals surface area (Å²) in [6.45, 7) is 4.91. The number of amides is 1. The maximum absolute atomic E-state index is 12.0. The molecule has 0 fully saturated rings. The third-order valence-electron chi connectivity index (χ3n) is 3.15. The van der Waals surface area contributed by atoms with Crippen molar-refractivity contribution < 1.29 is 14.3 Å². The zero-order valence-corrected chi connectivity index (χ0v) is 13.8. The number of anilines is 1. The van der Waals surface area contributed by atoms with Gasteiger partial charge in [-0.15, -0.1) is 0 Å². The smallest absolute Gasteiger partial charge is 0.273 e. The molecule has 0 aromatic heterocycles. The molecule has 0 saturated heterocycles. The van der Waals surface area contributed by atoms with Crippen molar-refractivity contribution in [1.82, 2.24) is 5.43 Å². The van der Waals surface area contributed by atoms with Crippen molar-refractivity contribution in [2.24, 2.45) is 5.10 Å². The minimum Gasteiger partial charge on any atom is -0.490 e. The summed E-state index contributed by atoms with van der Waals surface area (Å²) in [5, 5.41) is 3.96. The van der Waals surface area contributed by atoms with Crippen molar-refractivity contribution in [3.63, 3.8) is 0 Å². The lowest BCUT2D eigenvalue weighted by molar-refractivity contribution is 0.0956. The van der Waals surface area contributed by atoms with E-state index in [-0.39, 0.29) is 5.91 Å². The van der Waals surface area contributed by atoms with Gasteiger partial charge in [-0.25, -0.2) is 5.43 Å². The molecule has 0 atom stereocenters. The van der Waals surface area contributed by atoms with Crippen molar-refractivity contribution in [3.05, 3.63) is 53.6 Å². The number of nitrogens with two attached hydrogens (primary N) is 1. The summed E-state index contributed by atoms with van der Waals surface area (Å²) in [7, 11) is 0. The lowest BCUT2D eigenvalue weighted by atomic mass is 10.2. The first-order chi connectivity index (χ1) is 11.7. The molecular weight excluding hydrogens is 306 g/mol. The Morgan fingerprint density at radius 2 is 1.83 bits per heavy atom. The molecule has 0 bridgehead atoms. The number of nitrogens with zero attached hydrogens (tertiary/aromatic N) is 1. The quantitative estimate of drug-likeness (QED) is 0.465. The van der Waals surface area contributed by atoms with Crippen LogP contribution in [0.4, 0.5) is 5.69 Å².